The van der Waals surface area contributed by atoms with Crippen LogP contribution in [0.3, 0.4) is 0 Å². The molecule has 0 N–H and O–H groups in total. The Labute approximate surface area is 196 Å². The van der Waals surface area contributed by atoms with Gasteiger partial charge in [0.15, 0.2) is 0 Å². The van der Waals surface area contributed by atoms with Crippen LogP contribution in [-0.4, -0.2) is 28.9 Å². The SMILES string of the molecule is C=C1C=C2c3cc(CC)c(CN4CCCC4)cc3CC(C(C)(C)C)N2C=C1C(=C)CCC. The van der Waals surface area contributed by atoms with Gasteiger partial charge in [-0.15, -0.1) is 0 Å². The van der Waals surface area contributed by atoms with Crippen molar-refractivity contribution in [2.24, 2.45) is 5.41 Å². The summed E-state index contributed by atoms with van der Waals surface area (Å²) in [6.07, 6.45) is 11.7. The normalized spacial score (nSPS) is 21.2. The van der Waals surface area contributed by atoms with Crippen LogP contribution < -0.4 is 0 Å². The Morgan fingerprint density at radius 1 is 1.09 bits per heavy atom. The van der Waals surface area contributed by atoms with Crippen LogP contribution in [-0.2, 0) is 19.4 Å². The van der Waals surface area contributed by atoms with E-state index in [0.717, 1.165) is 37.8 Å². The Bertz CT molecular complexity index is 963. The lowest BCUT2D eigenvalue weighted by Crippen LogP contribution is -2.45. The fourth-order valence-electron chi connectivity index (χ4n) is 5.67. The van der Waals surface area contributed by atoms with Gasteiger partial charge in [0.1, 0.15) is 0 Å². The molecule has 1 saturated heterocycles. The molecular weight excluding hydrogens is 388 g/mol. The van der Waals surface area contributed by atoms with E-state index in [9.17, 15) is 0 Å². The molecule has 3 aliphatic rings. The monoisotopic (exact) mass is 430 g/mol. The minimum atomic E-state index is 0.168. The number of aryl methyl sites for hydroxylation is 1. The number of rotatable bonds is 6. The van der Waals surface area contributed by atoms with Crippen molar-refractivity contribution in [2.75, 3.05) is 13.1 Å². The Morgan fingerprint density at radius 2 is 1.81 bits per heavy atom. The molecule has 0 amide bonds. The molecule has 1 unspecified atom stereocenters. The maximum absolute atomic E-state index is 4.44. The summed E-state index contributed by atoms with van der Waals surface area (Å²) in [5, 5.41) is 0. The highest BCUT2D eigenvalue weighted by atomic mass is 15.2. The van der Waals surface area contributed by atoms with Crippen LogP contribution in [0, 0.1) is 5.41 Å². The van der Waals surface area contributed by atoms with Crippen LogP contribution in [0.15, 0.2) is 54.3 Å². The van der Waals surface area contributed by atoms with E-state index in [4.69, 9.17) is 0 Å². The highest BCUT2D eigenvalue weighted by Crippen LogP contribution is 2.45. The summed E-state index contributed by atoms with van der Waals surface area (Å²) >= 11 is 0. The Kier molecular flexibility index (Phi) is 6.54. The molecular formula is C30H42N2. The molecule has 4 rings (SSSR count). The smallest absolute Gasteiger partial charge is 0.0491 e. The summed E-state index contributed by atoms with van der Waals surface area (Å²) in [5.74, 6) is 0. The topological polar surface area (TPSA) is 6.48 Å². The van der Waals surface area contributed by atoms with Gasteiger partial charge in [-0.2, -0.15) is 0 Å². The Balaban J connectivity index is 1.78. The van der Waals surface area contributed by atoms with Gasteiger partial charge in [0, 0.05) is 30.0 Å². The van der Waals surface area contributed by atoms with Gasteiger partial charge >= 0.3 is 0 Å². The molecule has 0 radical (unpaired) electrons. The quantitative estimate of drug-likeness (QED) is 0.468. The lowest BCUT2D eigenvalue weighted by Gasteiger charge is -2.47. The van der Waals surface area contributed by atoms with Gasteiger partial charge in [0.05, 0.1) is 0 Å². The third kappa shape index (κ3) is 4.39. The van der Waals surface area contributed by atoms with Crippen molar-refractivity contribution in [3.05, 3.63) is 76.5 Å². The summed E-state index contributed by atoms with van der Waals surface area (Å²) < 4.78 is 0. The summed E-state index contributed by atoms with van der Waals surface area (Å²) in [5.41, 5.74) is 11.0. The number of hydrogen-bond acceptors (Lipinski definition) is 2. The minimum Gasteiger partial charge on any atom is -0.343 e. The average molecular weight is 431 g/mol. The Hall–Kier alpha value is -2.06. The zero-order chi connectivity index (χ0) is 23.0. The number of allylic oxidation sites excluding steroid dienone is 4. The van der Waals surface area contributed by atoms with Gasteiger partial charge in [-0.1, -0.05) is 60.3 Å². The second kappa shape index (κ2) is 9.06. The third-order valence-corrected chi connectivity index (χ3v) is 7.56. The fourth-order valence-corrected chi connectivity index (χ4v) is 5.67. The van der Waals surface area contributed by atoms with Gasteiger partial charge < -0.3 is 4.90 Å². The molecule has 2 nitrogen and oxygen atoms in total. The van der Waals surface area contributed by atoms with E-state index in [1.807, 2.05) is 0 Å². The summed E-state index contributed by atoms with van der Waals surface area (Å²) in [6, 6.07) is 5.46. The van der Waals surface area contributed by atoms with E-state index < -0.39 is 0 Å². The van der Waals surface area contributed by atoms with Gasteiger partial charge in [0.25, 0.3) is 0 Å². The first-order valence-electron chi connectivity index (χ1n) is 12.7. The maximum Gasteiger partial charge on any atom is 0.0491 e. The number of hydrogen-bond donors (Lipinski definition) is 0. The van der Waals surface area contributed by atoms with Crippen molar-refractivity contribution >= 4 is 5.70 Å². The lowest BCUT2D eigenvalue weighted by atomic mass is 9.75. The maximum atomic E-state index is 4.44. The highest BCUT2D eigenvalue weighted by Gasteiger charge is 2.38. The molecule has 2 heteroatoms. The van der Waals surface area contributed by atoms with Crippen LogP contribution in [0.25, 0.3) is 5.70 Å². The van der Waals surface area contributed by atoms with Gasteiger partial charge in [-0.05, 0) is 96.2 Å². The molecule has 1 aromatic rings. The molecule has 32 heavy (non-hydrogen) atoms. The van der Waals surface area contributed by atoms with Crippen LogP contribution >= 0.6 is 0 Å². The molecule has 3 aliphatic heterocycles. The van der Waals surface area contributed by atoms with Gasteiger partial charge in [-0.3, -0.25) is 4.90 Å². The largest absolute Gasteiger partial charge is 0.343 e. The molecule has 0 aromatic heterocycles. The van der Waals surface area contributed by atoms with E-state index in [2.05, 4.69) is 82.0 Å². The minimum absolute atomic E-state index is 0.168. The Morgan fingerprint density at radius 3 is 2.44 bits per heavy atom. The van der Waals surface area contributed by atoms with Crippen molar-refractivity contribution in [3.8, 4) is 0 Å². The van der Waals surface area contributed by atoms with E-state index in [0.29, 0.717) is 6.04 Å². The molecule has 0 saturated carbocycles. The summed E-state index contributed by atoms with van der Waals surface area (Å²) in [6.45, 7) is 24.1. The molecule has 0 aliphatic carbocycles. The van der Waals surface area contributed by atoms with Crippen LogP contribution in [0.1, 0.15) is 82.6 Å². The zero-order valence-corrected chi connectivity index (χ0v) is 21.1. The summed E-state index contributed by atoms with van der Waals surface area (Å²) in [4.78, 5) is 5.18. The van der Waals surface area contributed by atoms with Crippen LogP contribution in [0.2, 0.25) is 0 Å². The zero-order valence-electron chi connectivity index (χ0n) is 21.1. The number of benzene rings is 1. The summed E-state index contributed by atoms with van der Waals surface area (Å²) in [7, 11) is 0. The molecule has 3 heterocycles. The van der Waals surface area contributed by atoms with Crippen molar-refractivity contribution < 1.29 is 0 Å². The first kappa shape index (κ1) is 23.1. The molecule has 0 spiro atoms. The van der Waals surface area contributed by atoms with Crippen molar-refractivity contribution in [2.45, 2.75) is 85.7 Å². The molecule has 0 bridgehead atoms. The van der Waals surface area contributed by atoms with E-state index in [1.165, 1.54) is 65.0 Å². The third-order valence-electron chi connectivity index (χ3n) is 7.56. The lowest BCUT2D eigenvalue weighted by molar-refractivity contribution is 0.189. The molecule has 1 aromatic carbocycles. The van der Waals surface area contributed by atoms with Crippen molar-refractivity contribution in [1.29, 1.82) is 0 Å². The first-order valence-corrected chi connectivity index (χ1v) is 12.7. The molecule has 1 atom stereocenters. The molecule has 172 valence electrons. The number of nitrogens with zero attached hydrogens (tertiary/aromatic N) is 2. The van der Waals surface area contributed by atoms with Crippen LogP contribution in [0.5, 0.6) is 0 Å². The molecule has 1 fully saturated rings. The first-order chi connectivity index (χ1) is 15.2. The van der Waals surface area contributed by atoms with Crippen molar-refractivity contribution in [3.63, 3.8) is 0 Å². The average Bonchev–Trinajstić information content (AvgIpc) is 3.24. The van der Waals surface area contributed by atoms with E-state index in [-0.39, 0.29) is 5.41 Å². The number of fused-ring (bicyclic) bond motifs is 3. The second-order valence-electron chi connectivity index (χ2n) is 11.1. The second-order valence-corrected chi connectivity index (χ2v) is 11.1. The van der Waals surface area contributed by atoms with E-state index >= 15 is 0 Å². The van der Waals surface area contributed by atoms with E-state index in [1.54, 1.807) is 0 Å². The fraction of sp³-hybridized carbons (Fsp3) is 0.533. The predicted molar refractivity (Wildman–Crippen MR) is 138 cm³/mol. The predicted octanol–water partition coefficient (Wildman–Crippen LogP) is 7.27. The highest BCUT2D eigenvalue weighted by molar-refractivity contribution is 5.77. The number of likely N-dealkylation sites (tertiary alicyclic amines) is 1. The van der Waals surface area contributed by atoms with Gasteiger partial charge in [0.2, 0.25) is 0 Å². The van der Waals surface area contributed by atoms with Gasteiger partial charge in [-0.25, -0.2) is 0 Å². The standard InChI is InChI=1S/C30H42N2/c1-8-12-21(3)27-20-32-28(15-22(27)4)26-17-23(9-2)25(19-31-13-10-11-14-31)16-24(26)18-29(32)30(5,6)7/h15-17,20,29H,3-4,8-14,18-19H2,1-2,5-7H3. The van der Waals surface area contributed by atoms with Crippen molar-refractivity contribution in [1.82, 2.24) is 9.80 Å². The van der Waals surface area contributed by atoms with Crippen LogP contribution in [0.4, 0.5) is 0 Å².